The van der Waals surface area contributed by atoms with Gasteiger partial charge in [0.25, 0.3) is 0 Å². The monoisotopic (exact) mass is 547 g/mol. The topological polar surface area (TPSA) is 4.93 Å². The van der Waals surface area contributed by atoms with Crippen molar-refractivity contribution in [3.8, 4) is 27.9 Å². The van der Waals surface area contributed by atoms with E-state index in [1.165, 1.54) is 82.4 Å². The van der Waals surface area contributed by atoms with Gasteiger partial charge >= 0.3 is 0 Å². The van der Waals surface area contributed by atoms with Crippen molar-refractivity contribution in [2.75, 3.05) is 0 Å². The summed E-state index contributed by atoms with van der Waals surface area (Å²) in [5.41, 5.74) is 10.3. The summed E-state index contributed by atoms with van der Waals surface area (Å²) in [4.78, 5) is 0. The average Bonchev–Trinajstić information content (AvgIpc) is 3.44. The molecule has 8 aromatic rings. The highest BCUT2D eigenvalue weighted by atomic mass is 15.0. The average molecular weight is 548 g/mol. The fourth-order valence-electron chi connectivity index (χ4n) is 7.43. The number of benzene rings is 7. The quantitative estimate of drug-likeness (QED) is 0.194. The Balaban J connectivity index is 1.53. The second-order valence-corrected chi connectivity index (χ2v) is 11.5. The summed E-state index contributed by atoms with van der Waals surface area (Å²) in [6.45, 7) is 0. The Labute approximate surface area is 251 Å². The van der Waals surface area contributed by atoms with E-state index in [-0.39, 0.29) is 0 Å². The lowest BCUT2D eigenvalue weighted by molar-refractivity contribution is 0.890. The first-order valence-electron chi connectivity index (χ1n) is 15.2. The van der Waals surface area contributed by atoms with Crippen LogP contribution < -0.4 is 0 Å². The molecule has 1 nitrogen and oxygen atoms in total. The third-order valence-corrected chi connectivity index (χ3v) is 9.22. The van der Waals surface area contributed by atoms with Crippen molar-refractivity contribution in [1.82, 2.24) is 4.57 Å². The molecule has 1 aliphatic carbocycles. The van der Waals surface area contributed by atoms with E-state index < -0.39 is 0 Å². The van der Waals surface area contributed by atoms with Crippen LogP contribution in [0.3, 0.4) is 0 Å². The van der Waals surface area contributed by atoms with E-state index in [9.17, 15) is 0 Å². The standard InChI is InChI=1S/C42H29N/c1-3-15-28(16-4-1)30-19-11-13-25-38(30)43-39-26-14-12-24-35(39)41-40-33-22-9-7-20-31(33)36(29-17-5-2-6-18-29)27-37(40)32-21-8-10-23-34(32)42(41)43/h1-13,15-25,27H,14,26H2. The first kappa shape index (κ1) is 24.2. The Morgan fingerprint density at radius 3 is 1.84 bits per heavy atom. The predicted molar refractivity (Wildman–Crippen MR) is 184 cm³/mol. The van der Waals surface area contributed by atoms with Crippen LogP contribution in [0.15, 0.2) is 146 Å². The molecule has 1 heteroatoms. The van der Waals surface area contributed by atoms with Gasteiger partial charge in [-0.15, -0.1) is 0 Å². The molecule has 0 unspecified atom stereocenters. The summed E-state index contributed by atoms with van der Waals surface area (Å²) in [7, 11) is 0. The van der Waals surface area contributed by atoms with Crippen LogP contribution in [-0.4, -0.2) is 4.57 Å². The molecule has 43 heavy (non-hydrogen) atoms. The zero-order valence-electron chi connectivity index (χ0n) is 23.8. The summed E-state index contributed by atoms with van der Waals surface area (Å²) in [6.07, 6.45) is 6.80. The minimum atomic E-state index is 1.01. The third kappa shape index (κ3) is 3.58. The van der Waals surface area contributed by atoms with Gasteiger partial charge in [-0.2, -0.15) is 0 Å². The number of fused-ring (bicyclic) bond motifs is 10. The fourth-order valence-corrected chi connectivity index (χ4v) is 7.43. The van der Waals surface area contributed by atoms with Crippen LogP contribution in [0.2, 0.25) is 0 Å². The van der Waals surface area contributed by atoms with Crippen molar-refractivity contribution in [3.05, 3.63) is 157 Å². The van der Waals surface area contributed by atoms with Gasteiger partial charge < -0.3 is 4.57 Å². The van der Waals surface area contributed by atoms with Crippen molar-refractivity contribution < 1.29 is 0 Å². The summed E-state index contributed by atoms with van der Waals surface area (Å²) in [6, 6.07) is 51.0. The van der Waals surface area contributed by atoms with E-state index in [2.05, 4.69) is 156 Å². The van der Waals surface area contributed by atoms with Crippen molar-refractivity contribution in [3.63, 3.8) is 0 Å². The van der Waals surface area contributed by atoms with Gasteiger partial charge in [0.2, 0.25) is 0 Å². The molecule has 1 heterocycles. The van der Waals surface area contributed by atoms with E-state index in [1.54, 1.807) is 0 Å². The lowest BCUT2D eigenvalue weighted by Crippen LogP contribution is -2.04. The van der Waals surface area contributed by atoms with Crippen molar-refractivity contribution >= 4 is 49.3 Å². The number of allylic oxidation sites excluding steroid dienone is 1. The summed E-state index contributed by atoms with van der Waals surface area (Å²) >= 11 is 0. The Bertz CT molecular complexity index is 2370. The Morgan fingerprint density at radius 2 is 1.07 bits per heavy atom. The van der Waals surface area contributed by atoms with Gasteiger partial charge in [-0.05, 0) is 63.2 Å². The van der Waals surface area contributed by atoms with Crippen LogP contribution in [0.25, 0.3) is 77.2 Å². The van der Waals surface area contributed by atoms with Gasteiger partial charge in [-0.25, -0.2) is 0 Å². The number of aromatic nitrogens is 1. The van der Waals surface area contributed by atoms with Crippen LogP contribution in [0, 0.1) is 0 Å². The molecule has 1 aromatic heterocycles. The molecule has 9 rings (SSSR count). The van der Waals surface area contributed by atoms with Crippen LogP contribution in [0.4, 0.5) is 0 Å². The van der Waals surface area contributed by atoms with Gasteiger partial charge in [0.15, 0.2) is 0 Å². The molecular weight excluding hydrogens is 518 g/mol. The van der Waals surface area contributed by atoms with Gasteiger partial charge in [0, 0.05) is 33.0 Å². The third-order valence-electron chi connectivity index (χ3n) is 9.22. The van der Waals surface area contributed by atoms with Crippen molar-refractivity contribution in [2.45, 2.75) is 12.8 Å². The zero-order valence-corrected chi connectivity index (χ0v) is 23.8. The predicted octanol–water partition coefficient (Wildman–Crippen LogP) is 11.4. The van der Waals surface area contributed by atoms with Gasteiger partial charge in [-0.1, -0.05) is 140 Å². The normalized spacial score (nSPS) is 12.8. The lowest BCUT2D eigenvalue weighted by atomic mass is 9.87. The molecule has 0 bridgehead atoms. The lowest BCUT2D eigenvalue weighted by Gasteiger charge is -2.18. The van der Waals surface area contributed by atoms with E-state index in [0.717, 1.165) is 12.8 Å². The maximum Gasteiger partial charge on any atom is 0.0623 e. The van der Waals surface area contributed by atoms with Crippen LogP contribution in [-0.2, 0) is 6.42 Å². The molecule has 202 valence electrons. The van der Waals surface area contributed by atoms with Gasteiger partial charge in [0.05, 0.1) is 11.2 Å². The Hall–Kier alpha value is -5.40. The fraction of sp³-hybridized carbons (Fsp3) is 0.0476. The molecule has 0 atom stereocenters. The molecule has 0 radical (unpaired) electrons. The van der Waals surface area contributed by atoms with Crippen molar-refractivity contribution in [2.24, 2.45) is 0 Å². The van der Waals surface area contributed by atoms with Gasteiger partial charge in [0.1, 0.15) is 0 Å². The SMILES string of the molecule is C1=Cc2c(n(-c3ccccc3-c3ccccc3)c3c4ccccc4c4cc(-c5ccccc5)c5ccccc5c4c23)CC1. The highest BCUT2D eigenvalue weighted by Crippen LogP contribution is 2.48. The van der Waals surface area contributed by atoms with Crippen LogP contribution in [0.1, 0.15) is 17.7 Å². The first-order valence-corrected chi connectivity index (χ1v) is 15.2. The summed E-state index contributed by atoms with van der Waals surface area (Å²) < 4.78 is 2.60. The minimum absolute atomic E-state index is 1.01. The zero-order chi connectivity index (χ0) is 28.3. The number of para-hydroxylation sites is 1. The molecule has 0 N–H and O–H groups in total. The number of hydrogen-bond acceptors (Lipinski definition) is 0. The molecule has 7 aromatic carbocycles. The maximum atomic E-state index is 2.60. The number of nitrogens with zero attached hydrogens (tertiary/aromatic N) is 1. The number of hydrogen-bond donors (Lipinski definition) is 0. The smallest absolute Gasteiger partial charge is 0.0623 e. The van der Waals surface area contributed by atoms with Crippen molar-refractivity contribution in [1.29, 1.82) is 0 Å². The minimum Gasteiger partial charge on any atom is -0.312 e. The molecule has 0 aliphatic heterocycles. The number of rotatable bonds is 3. The first-order chi connectivity index (χ1) is 21.4. The molecule has 1 aliphatic rings. The van der Waals surface area contributed by atoms with Crippen LogP contribution >= 0.6 is 0 Å². The molecule has 0 amide bonds. The van der Waals surface area contributed by atoms with E-state index in [1.807, 2.05) is 0 Å². The molecule has 0 saturated heterocycles. The molecule has 0 saturated carbocycles. The second-order valence-electron chi connectivity index (χ2n) is 11.5. The summed E-state index contributed by atoms with van der Waals surface area (Å²) in [5.74, 6) is 0. The Morgan fingerprint density at radius 1 is 0.465 bits per heavy atom. The Kier molecular flexibility index (Phi) is 5.39. The molecular formula is C42H29N. The highest BCUT2D eigenvalue weighted by molar-refractivity contribution is 6.34. The van der Waals surface area contributed by atoms with Gasteiger partial charge in [-0.3, -0.25) is 0 Å². The van der Waals surface area contributed by atoms with E-state index in [0.29, 0.717) is 0 Å². The van der Waals surface area contributed by atoms with E-state index >= 15 is 0 Å². The largest absolute Gasteiger partial charge is 0.312 e. The molecule has 0 spiro atoms. The van der Waals surface area contributed by atoms with E-state index in [4.69, 9.17) is 0 Å². The highest BCUT2D eigenvalue weighted by Gasteiger charge is 2.26. The molecule has 0 fully saturated rings. The van der Waals surface area contributed by atoms with Crippen LogP contribution in [0.5, 0.6) is 0 Å². The maximum absolute atomic E-state index is 2.60. The summed E-state index contributed by atoms with van der Waals surface area (Å²) in [5, 5.41) is 9.22. The second kappa shape index (κ2) is 9.58.